The minimum atomic E-state index is 0.000353. The van der Waals surface area contributed by atoms with Crippen LogP contribution in [-0.4, -0.2) is 43.2 Å². The Balaban J connectivity index is 1.80. The number of benzene rings is 1. The quantitative estimate of drug-likeness (QED) is 0.749. The predicted molar refractivity (Wildman–Crippen MR) is 75.6 cm³/mol. The van der Waals surface area contributed by atoms with E-state index in [0.29, 0.717) is 22.1 Å². The normalized spacial score (nSPS) is 18.6. The molecule has 0 bridgehead atoms. The van der Waals surface area contributed by atoms with Gasteiger partial charge in [-0.15, -0.1) is 10.2 Å². The molecule has 3 aromatic rings. The maximum Gasteiger partial charge on any atom is 0.234 e. The summed E-state index contributed by atoms with van der Waals surface area (Å²) in [7, 11) is 0. The lowest BCUT2D eigenvalue weighted by atomic mass is 10.1. The first-order valence-corrected chi connectivity index (χ1v) is 7.35. The van der Waals surface area contributed by atoms with Gasteiger partial charge in [0.25, 0.3) is 0 Å². The van der Waals surface area contributed by atoms with Crippen LogP contribution in [0.4, 0.5) is 0 Å². The van der Waals surface area contributed by atoms with Gasteiger partial charge in [0.2, 0.25) is 4.96 Å². The molecule has 1 unspecified atom stereocenters. The SMILES string of the molecule is Oc1cc(O)cc(-c2nn3c(C4CCOC4)nnc3s2)c1. The Bertz CT molecular complexity index is 787. The Morgan fingerprint density at radius 2 is 2.00 bits per heavy atom. The number of phenolic OH excluding ortho intramolecular Hbond substituents is 2. The van der Waals surface area contributed by atoms with Crippen LogP contribution >= 0.6 is 11.3 Å². The van der Waals surface area contributed by atoms with Gasteiger partial charge in [-0.3, -0.25) is 0 Å². The summed E-state index contributed by atoms with van der Waals surface area (Å²) < 4.78 is 7.10. The van der Waals surface area contributed by atoms with Crippen molar-refractivity contribution in [2.75, 3.05) is 13.2 Å². The fourth-order valence-electron chi connectivity index (χ4n) is 2.46. The van der Waals surface area contributed by atoms with Crippen molar-refractivity contribution in [1.29, 1.82) is 0 Å². The van der Waals surface area contributed by atoms with E-state index in [9.17, 15) is 10.2 Å². The van der Waals surface area contributed by atoms with Crippen molar-refractivity contribution in [1.82, 2.24) is 19.8 Å². The van der Waals surface area contributed by atoms with Crippen molar-refractivity contribution in [3.63, 3.8) is 0 Å². The van der Waals surface area contributed by atoms with Crippen molar-refractivity contribution in [3.8, 4) is 22.1 Å². The highest BCUT2D eigenvalue weighted by Crippen LogP contribution is 2.32. The highest BCUT2D eigenvalue weighted by molar-refractivity contribution is 7.19. The lowest BCUT2D eigenvalue weighted by molar-refractivity contribution is 0.193. The Hall–Kier alpha value is -2.19. The average molecular weight is 304 g/mol. The van der Waals surface area contributed by atoms with Gasteiger partial charge in [-0.25, -0.2) is 0 Å². The van der Waals surface area contributed by atoms with Crippen LogP contribution in [0.2, 0.25) is 0 Å². The largest absolute Gasteiger partial charge is 0.508 e. The summed E-state index contributed by atoms with van der Waals surface area (Å²) in [4.78, 5) is 0.690. The van der Waals surface area contributed by atoms with E-state index in [2.05, 4.69) is 15.3 Å². The van der Waals surface area contributed by atoms with E-state index in [1.54, 1.807) is 16.6 Å². The highest BCUT2D eigenvalue weighted by atomic mass is 32.1. The van der Waals surface area contributed by atoms with Gasteiger partial charge in [0.05, 0.1) is 6.61 Å². The maximum absolute atomic E-state index is 9.57. The van der Waals surface area contributed by atoms with Gasteiger partial charge in [-0.05, 0) is 18.6 Å². The standard InChI is InChI=1S/C13H12N4O3S/c18-9-3-8(4-10(19)5-9)12-16-17-11(7-1-2-20-6-7)14-15-13(17)21-12/h3-5,7,18-19H,1-2,6H2. The molecule has 0 radical (unpaired) electrons. The molecule has 108 valence electrons. The molecule has 7 nitrogen and oxygen atoms in total. The molecular formula is C13H12N4O3S. The monoisotopic (exact) mass is 304 g/mol. The number of ether oxygens (including phenoxy) is 1. The number of fused-ring (bicyclic) bond motifs is 1. The first-order valence-electron chi connectivity index (χ1n) is 6.54. The van der Waals surface area contributed by atoms with Crippen LogP contribution in [0.1, 0.15) is 18.2 Å². The zero-order valence-electron chi connectivity index (χ0n) is 10.9. The van der Waals surface area contributed by atoms with Crippen LogP contribution in [0.5, 0.6) is 11.5 Å². The molecule has 1 atom stereocenters. The molecular weight excluding hydrogens is 292 g/mol. The second-order valence-electron chi connectivity index (χ2n) is 4.96. The zero-order valence-corrected chi connectivity index (χ0v) is 11.7. The first kappa shape index (κ1) is 12.5. The Morgan fingerprint density at radius 1 is 1.19 bits per heavy atom. The smallest absolute Gasteiger partial charge is 0.234 e. The number of aromatic nitrogens is 4. The Kier molecular flexibility index (Phi) is 2.79. The Labute approximate surface area is 123 Å². The summed E-state index contributed by atoms with van der Waals surface area (Å²) in [5, 5.41) is 32.7. The summed E-state index contributed by atoms with van der Waals surface area (Å²) >= 11 is 1.36. The number of hydrogen-bond donors (Lipinski definition) is 2. The van der Waals surface area contributed by atoms with Crippen molar-refractivity contribution in [3.05, 3.63) is 24.0 Å². The molecule has 0 spiro atoms. The van der Waals surface area contributed by atoms with Gasteiger partial charge in [-0.1, -0.05) is 11.3 Å². The van der Waals surface area contributed by atoms with E-state index >= 15 is 0 Å². The Morgan fingerprint density at radius 3 is 2.71 bits per heavy atom. The van der Waals surface area contributed by atoms with Gasteiger partial charge >= 0.3 is 0 Å². The van der Waals surface area contributed by atoms with Crippen molar-refractivity contribution in [2.24, 2.45) is 0 Å². The summed E-state index contributed by atoms with van der Waals surface area (Å²) in [5.74, 6) is 1.02. The average Bonchev–Trinajstić information content (AvgIpc) is 3.13. The molecule has 2 N–H and O–H groups in total. The molecule has 0 saturated carbocycles. The van der Waals surface area contributed by atoms with Crippen LogP contribution in [-0.2, 0) is 4.74 Å². The minimum Gasteiger partial charge on any atom is -0.508 e. The number of hydrogen-bond acceptors (Lipinski definition) is 7. The van der Waals surface area contributed by atoms with E-state index in [4.69, 9.17) is 4.74 Å². The van der Waals surface area contributed by atoms with Crippen LogP contribution in [0, 0.1) is 0 Å². The van der Waals surface area contributed by atoms with Gasteiger partial charge in [-0.2, -0.15) is 9.61 Å². The summed E-state index contributed by atoms with van der Waals surface area (Å²) in [6.07, 6.45) is 0.917. The molecule has 1 fully saturated rings. The third-order valence-electron chi connectivity index (χ3n) is 3.46. The van der Waals surface area contributed by atoms with E-state index in [-0.39, 0.29) is 17.4 Å². The zero-order chi connectivity index (χ0) is 14.4. The molecule has 1 aliphatic heterocycles. The molecule has 3 heterocycles. The molecule has 8 heteroatoms. The number of phenols is 2. The second kappa shape index (κ2) is 4.68. The van der Waals surface area contributed by atoms with Crippen LogP contribution in [0.3, 0.4) is 0 Å². The molecule has 21 heavy (non-hydrogen) atoms. The van der Waals surface area contributed by atoms with Crippen LogP contribution in [0.25, 0.3) is 15.5 Å². The minimum absolute atomic E-state index is 0.000353. The van der Waals surface area contributed by atoms with Gasteiger partial charge in [0.1, 0.15) is 16.5 Å². The molecule has 0 aliphatic carbocycles. The van der Waals surface area contributed by atoms with E-state index < -0.39 is 0 Å². The molecule has 1 aromatic carbocycles. The first-order chi connectivity index (χ1) is 10.2. The van der Waals surface area contributed by atoms with E-state index in [0.717, 1.165) is 18.9 Å². The number of nitrogens with zero attached hydrogens (tertiary/aromatic N) is 4. The lowest BCUT2D eigenvalue weighted by Gasteiger charge is -2.02. The second-order valence-corrected chi connectivity index (χ2v) is 5.91. The topological polar surface area (TPSA) is 92.8 Å². The third-order valence-corrected chi connectivity index (χ3v) is 4.41. The van der Waals surface area contributed by atoms with Crippen molar-refractivity contribution in [2.45, 2.75) is 12.3 Å². The summed E-state index contributed by atoms with van der Waals surface area (Å²) in [6.45, 7) is 1.37. The summed E-state index contributed by atoms with van der Waals surface area (Å²) in [5.41, 5.74) is 0.650. The van der Waals surface area contributed by atoms with Crippen molar-refractivity contribution >= 4 is 16.3 Å². The fraction of sp³-hybridized carbons (Fsp3) is 0.308. The lowest BCUT2D eigenvalue weighted by Crippen LogP contribution is -2.04. The van der Waals surface area contributed by atoms with Gasteiger partial charge < -0.3 is 14.9 Å². The van der Waals surface area contributed by atoms with Crippen LogP contribution < -0.4 is 0 Å². The molecule has 1 aliphatic rings. The van der Waals surface area contributed by atoms with Crippen molar-refractivity contribution < 1.29 is 14.9 Å². The summed E-state index contributed by atoms with van der Waals surface area (Å²) in [6, 6.07) is 4.40. The van der Waals surface area contributed by atoms with Gasteiger partial charge in [0.15, 0.2) is 5.82 Å². The molecule has 4 rings (SSSR count). The number of aromatic hydroxyl groups is 2. The number of rotatable bonds is 2. The predicted octanol–water partition coefficient (Wildman–Crippen LogP) is 1.77. The molecule has 0 amide bonds. The van der Waals surface area contributed by atoms with Gasteiger partial charge in [0, 0.05) is 24.2 Å². The molecule has 2 aromatic heterocycles. The molecule has 1 saturated heterocycles. The van der Waals surface area contributed by atoms with Crippen LogP contribution in [0.15, 0.2) is 18.2 Å². The fourth-order valence-corrected chi connectivity index (χ4v) is 3.29. The third kappa shape index (κ3) is 2.12. The highest BCUT2D eigenvalue weighted by Gasteiger charge is 2.25. The maximum atomic E-state index is 9.57. The van der Waals surface area contributed by atoms with E-state index in [1.165, 1.54) is 17.4 Å². The van der Waals surface area contributed by atoms with E-state index in [1.807, 2.05) is 0 Å².